The van der Waals surface area contributed by atoms with Gasteiger partial charge in [0.1, 0.15) is 0 Å². The van der Waals surface area contributed by atoms with Gasteiger partial charge in [0.2, 0.25) is 8.32 Å². The van der Waals surface area contributed by atoms with Crippen LogP contribution in [0.15, 0.2) is 0 Å². The van der Waals surface area contributed by atoms with Crippen molar-refractivity contribution in [3.05, 3.63) is 0 Å². The van der Waals surface area contributed by atoms with Crippen LogP contribution in [-0.4, -0.2) is 25.3 Å². The number of halogens is 2. The largest absolute Gasteiger partial charge is 0.419 e. The first-order chi connectivity index (χ1) is 3.68. The van der Waals surface area contributed by atoms with E-state index in [0.29, 0.717) is 0 Å². The fraction of sp³-hybridized carbons (Fsp3) is 1.00. The van der Waals surface area contributed by atoms with Crippen LogP contribution >= 0.6 is 31.9 Å². The fourth-order valence-electron chi connectivity index (χ4n) is 0.145. The topological polar surface area (TPSA) is 9.23 Å². The van der Waals surface area contributed by atoms with E-state index in [1.54, 1.807) is 7.11 Å². The van der Waals surface area contributed by atoms with Crippen molar-refractivity contribution < 1.29 is 4.43 Å². The van der Waals surface area contributed by atoms with Crippen LogP contribution in [0.25, 0.3) is 0 Å². The molecule has 4 heteroatoms. The highest BCUT2D eigenvalue weighted by Crippen LogP contribution is 2.09. The Morgan fingerprint density at radius 3 is 1.75 bits per heavy atom. The predicted molar refractivity (Wildman–Crippen MR) is 46.2 cm³/mol. The summed E-state index contributed by atoms with van der Waals surface area (Å²) < 4.78 is 5.28. The smallest absolute Gasteiger partial charge is 0.209 e. The molecule has 0 aromatic rings. The molecule has 0 saturated heterocycles. The molecule has 0 unspecified atom stereocenters. The van der Waals surface area contributed by atoms with Gasteiger partial charge in [-0.15, -0.1) is 0 Å². The van der Waals surface area contributed by atoms with E-state index >= 15 is 0 Å². The number of hydrogen-bond acceptors (Lipinski definition) is 1. The predicted octanol–water partition coefficient (Wildman–Crippen LogP) is 2.08. The van der Waals surface area contributed by atoms with E-state index < -0.39 is 8.32 Å². The highest BCUT2D eigenvalue weighted by Gasteiger charge is 2.23. The molecule has 1 nitrogen and oxygen atoms in total. The Balaban J connectivity index is 3.58. The average molecular weight is 262 g/mol. The van der Waals surface area contributed by atoms with Crippen molar-refractivity contribution in [1.29, 1.82) is 0 Å². The molecule has 0 aromatic carbocycles. The number of alkyl halides is 2. The second kappa shape index (κ2) is 4.03. The van der Waals surface area contributed by atoms with Gasteiger partial charge in [-0.25, -0.2) is 0 Å². The van der Waals surface area contributed by atoms with Gasteiger partial charge in [-0.05, 0) is 6.55 Å². The Hall–Kier alpha value is 1.14. The molecule has 50 valence electrons. The van der Waals surface area contributed by atoms with Gasteiger partial charge in [0.05, 0.1) is 0 Å². The Morgan fingerprint density at radius 1 is 1.38 bits per heavy atom. The highest BCUT2D eigenvalue weighted by atomic mass is 79.9. The maximum absolute atomic E-state index is 5.28. The van der Waals surface area contributed by atoms with Gasteiger partial charge in [0.15, 0.2) is 0 Å². The van der Waals surface area contributed by atoms with Gasteiger partial charge in [-0.2, -0.15) is 0 Å². The molecule has 0 N–H and O–H groups in total. The van der Waals surface area contributed by atoms with Crippen molar-refractivity contribution in [2.45, 2.75) is 6.55 Å². The Labute approximate surface area is 68.2 Å². The molecule has 0 fully saturated rings. The zero-order chi connectivity index (χ0) is 6.62. The third-order valence-electron chi connectivity index (χ3n) is 1.06. The van der Waals surface area contributed by atoms with E-state index in [1.165, 1.54) is 0 Å². The molecule has 0 amide bonds. The normalized spacial score (nSPS) is 12.0. The van der Waals surface area contributed by atoms with Gasteiger partial charge in [-0.3, -0.25) is 0 Å². The number of hydrogen-bond donors (Lipinski definition) is 0. The maximum atomic E-state index is 5.28. The number of rotatable bonds is 3. The van der Waals surface area contributed by atoms with Crippen LogP contribution < -0.4 is 0 Å². The second-order valence-corrected chi connectivity index (χ2v) is 9.13. The summed E-state index contributed by atoms with van der Waals surface area (Å²) in [5.74, 6) is 0. The molecule has 0 heterocycles. The van der Waals surface area contributed by atoms with E-state index in [-0.39, 0.29) is 0 Å². The van der Waals surface area contributed by atoms with Crippen molar-refractivity contribution in [2.24, 2.45) is 0 Å². The summed E-state index contributed by atoms with van der Waals surface area (Å²) in [7, 11) is 0.435. The van der Waals surface area contributed by atoms with Crippen molar-refractivity contribution >= 4 is 40.2 Å². The summed E-state index contributed by atoms with van der Waals surface area (Å²) >= 11 is 6.80. The van der Waals surface area contributed by atoms with E-state index in [2.05, 4.69) is 38.4 Å². The third-order valence-corrected chi connectivity index (χ3v) is 10.3. The first kappa shape index (κ1) is 9.14. The summed E-state index contributed by atoms with van der Waals surface area (Å²) in [4.78, 5) is 2.00. The summed E-state index contributed by atoms with van der Waals surface area (Å²) in [6.45, 7) is 2.18. The van der Waals surface area contributed by atoms with Crippen LogP contribution in [-0.2, 0) is 4.43 Å². The molecule has 0 aliphatic heterocycles. The first-order valence-electron chi connectivity index (χ1n) is 2.35. The minimum atomic E-state index is -1.34. The van der Waals surface area contributed by atoms with Gasteiger partial charge < -0.3 is 4.43 Å². The fourth-order valence-corrected chi connectivity index (χ4v) is 4.59. The summed E-state index contributed by atoms with van der Waals surface area (Å²) in [6.07, 6.45) is 0. The molecule has 0 aromatic heterocycles. The van der Waals surface area contributed by atoms with Gasteiger partial charge in [-0.1, -0.05) is 31.9 Å². The van der Waals surface area contributed by atoms with Crippen molar-refractivity contribution in [2.75, 3.05) is 17.0 Å². The molecule has 0 radical (unpaired) electrons. The van der Waals surface area contributed by atoms with E-state index in [0.717, 1.165) is 9.91 Å². The van der Waals surface area contributed by atoms with Crippen LogP contribution in [0.3, 0.4) is 0 Å². The van der Waals surface area contributed by atoms with Gasteiger partial charge in [0.25, 0.3) is 0 Å². The molecule has 0 saturated carbocycles. The SMILES string of the molecule is CO[Si](C)(CBr)CBr. The average Bonchev–Trinajstić information content (AvgIpc) is 1.87. The Kier molecular flexibility index (Phi) is 4.61. The molecular formula is C4H10Br2OSi. The standard InChI is InChI=1S/C4H10Br2OSi/c1-7-8(2,3-5)4-6/h3-4H2,1-2H3. The lowest BCUT2D eigenvalue weighted by atomic mass is 11.8. The maximum Gasteiger partial charge on any atom is 0.209 e. The van der Waals surface area contributed by atoms with Crippen LogP contribution in [0.2, 0.25) is 6.55 Å². The van der Waals surface area contributed by atoms with Crippen LogP contribution in [0.4, 0.5) is 0 Å². The molecule has 8 heavy (non-hydrogen) atoms. The Bertz CT molecular complexity index is 56.8. The Morgan fingerprint density at radius 2 is 1.75 bits per heavy atom. The van der Waals surface area contributed by atoms with E-state index in [1.807, 2.05) is 0 Å². The molecule has 0 rings (SSSR count). The lowest BCUT2D eigenvalue weighted by molar-refractivity contribution is 0.409. The van der Waals surface area contributed by atoms with Crippen LogP contribution in [0.1, 0.15) is 0 Å². The van der Waals surface area contributed by atoms with Crippen LogP contribution in [0, 0.1) is 0 Å². The monoisotopic (exact) mass is 260 g/mol. The summed E-state index contributed by atoms with van der Waals surface area (Å²) in [6, 6.07) is 0. The zero-order valence-electron chi connectivity index (χ0n) is 5.08. The highest BCUT2D eigenvalue weighted by molar-refractivity contribution is 9.10. The first-order valence-corrected chi connectivity index (χ1v) is 7.42. The minimum Gasteiger partial charge on any atom is -0.419 e. The minimum absolute atomic E-state index is 1.00. The summed E-state index contributed by atoms with van der Waals surface area (Å²) in [5, 5.41) is 0. The summed E-state index contributed by atoms with van der Waals surface area (Å²) in [5.41, 5.74) is 0. The van der Waals surface area contributed by atoms with Crippen molar-refractivity contribution in [1.82, 2.24) is 0 Å². The lowest BCUT2D eigenvalue weighted by Gasteiger charge is -2.18. The van der Waals surface area contributed by atoms with Gasteiger partial charge in [0, 0.05) is 17.0 Å². The van der Waals surface area contributed by atoms with Crippen molar-refractivity contribution in [3.63, 3.8) is 0 Å². The van der Waals surface area contributed by atoms with E-state index in [9.17, 15) is 0 Å². The van der Waals surface area contributed by atoms with E-state index in [4.69, 9.17) is 4.43 Å². The molecule has 0 spiro atoms. The molecular weight excluding hydrogens is 252 g/mol. The third kappa shape index (κ3) is 2.62. The second-order valence-electron chi connectivity index (χ2n) is 1.92. The molecule has 0 aliphatic rings. The van der Waals surface area contributed by atoms with Crippen molar-refractivity contribution in [3.8, 4) is 0 Å². The molecule has 0 bridgehead atoms. The zero-order valence-corrected chi connectivity index (χ0v) is 9.25. The molecule has 0 aliphatic carbocycles. The lowest BCUT2D eigenvalue weighted by Crippen LogP contribution is -2.38. The van der Waals surface area contributed by atoms with Gasteiger partial charge >= 0.3 is 0 Å². The molecule has 0 atom stereocenters. The quantitative estimate of drug-likeness (QED) is 0.559. The van der Waals surface area contributed by atoms with Crippen LogP contribution in [0.5, 0.6) is 0 Å².